The summed E-state index contributed by atoms with van der Waals surface area (Å²) < 4.78 is 14.2. The molecule has 1 atom stereocenters. The lowest BCUT2D eigenvalue weighted by Gasteiger charge is -2.37. The number of thioether (sulfide) groups is 1. The highest BCUT2D eigenvalue weighted by Crippen LogP contribution is 2.41. The molecule has 6 rings (SSSR count). The van der Waals surface area contributed by atoms with E-state index < -0.39 is 0 Å². The quantitative estimate of drug-likeness (QED) is 0.548. The average molecular weight is 526 g/mol. The second-order valence-corrected chi connectivity index (χ2v) is 11.3. The first-order valence-electron chi connectivity index (χ1n) is 12.3. The number of amides is 1. The Kier molecular flexibility index (Phi) is 6.46. The van der Waals surface area contributed by atoms with Gasteiger partial charge in [-0.05, 0) is 47.6 Å². The zero-order chi connectivity index (χ0) is 24.7. The highest BCUT2D eigenvalue weighted by Gasteiger charge is 2.41. The van der Waals surface area contributed by atoms with Crippen molar-refractivity contribution in [1.29, 1.82) is 0 Å². The molecule has 1 spiro atoms. The van der Waals surface area contributed by atoms with Gasteiger partial charge in [-0.1, -0.05) is 23.7 Å². The van der Waals surface area contributed by atoms with E-state index in [0.29, 0.717) is 43.3 Å². The van der Waals surface area contributed by atoms with E-state index >= 15 is 0 Å². The number of carbonyl (C=O) groups is 1. The highest BCUT2D eigenvalue weighted by atomic mass is 35.5. The van der Waals surface area contributed by atoms with Crippen molar-refractivity contribution >= 4 is 40.2 Å². The third-order valence-electron chi connectivity index (χ3n) is 7.17. The molecule has 188 valence electrons. The molecule has 2 saturated heterocycles. The molecular weight excluding hydrogens is 498 g/mol. The molecule has 0 saturated carbocycles. The third-order valence-corrected chi connectivity index (χ3v) is 8.64. The number of nitrogens with zero attached hydrogens (tertiary/aromatic N) is 2. The molecule has 2 fully saturated rings. The average Bonchev–Trinajstić information content (AvgIpc) is 3.32. The fraction of sp³-hybridized carbons (Fsp3) is 0.407. The van der Waals surface area contributed by atoms with Gasteiger partial charge in [0.2, 0.25) is 5.43 Å². The maximum Gasteiger partial charge on any atom is 0.257 e. The molecule has 0 radical (unpaired) electrons. The van der Waals surface area contributed by atoms with Crippen LogP contribution >= 0.6 is 23.4 Å². The zero-order valence-corrected chi connectivity index (χ0v) is 21.5. The van der Waals surface area contributed by atoms with E-state index in [2.05, 4.69) is 20.9 Å². The van der Waals surface area contributed by atoms with Gasteiger partial charge < -0.3 is 19.4 Å². The summed E-state index contributed by atoms with van der Waals surface area (Å²) in [6, 6.07) is 11.3. The predicted molar refractivity (Wildman–Crippen MR) is 142 cm³/mol. The van der Waals surface area contributed by atoms with E-state index in [4.69, 9.17) is 21.1 Å². The van der Waals surface area contributed by atoms with Crippen molar-refractivity contribution in [2.24, 2.45) is 0 Å². The van der Waals surface area contributed by atoms with Gasteiger partial charge in [-0.2, -0.15) is 11.8 Å². The van der Waals surface area contributed by atoms with Crippen LogP contribution in [-0.2, 0) is 24.4 Å². The fourth-order valence-electron chi connectivity index (χ4n) is 5.28. The van der Waals surface area contributed by atoms with Crippen molar-refractivity contribution in [3.8, 4) is 5.75 Å². The monoisotopic (exact) mass is 525 g/mol. The van der Waals surface area contributed by atoms with Gasteiger partial charge in [0, 0.05) is 43.2 Å². The summed E-state index contributed by atoms with van der Waals surface area (Å²) in [6.07, 6.45) is 2.66. The SMILES string of the molecule is O=C(NCc1ccc(Cl)cc1)c1cn2c3c(cc(CN4CCOCC4)cc3c1=O)OC1(CCSC1)C2. The number of halogens is 1. The van der Waals surface area contributed by atoms with Crippen molar-refractivity contribution in [2.75, 3.05) is 37.8 Å². The van der Waals surface area contributed by atoms with Gasteiger partial charge in [0.15, 0.2) is 0 Å². The summed E-state index contributed by atoms with van der Waals surface area (Å²) in [5, 5.41) is 4.09. The van der Waals surface area contributed by atoms with Crippen LogP contribution in [0.1, 0.15) is 27.9 Å². The summed E-state index contributed by atoms with van der Waals surface area (Å²) in [5.74, 6) is 2.31. The molecule has 0 aliphatic carbocycles. The molecule has 36 heavy (non-hydrogen) atoms. The minimum atomic E-state index is -0.373. The second-order valence-electron chi connectivity index (χ2n) is 9.78. The fourth-order valence-corrected chi connectivity index (χ4v) is 6.73. The van der Waals surface area contributed by atoms with Gasteiger partial charge in [-0.15, -0.1) is 0 Å². The van der Waals surface area contributed by atoms with Gasteiger partial charge in [0.1, 0.15) is 16.9 Å². The summed E-state index contributed by atoms with van der Waals surface area (Å²) >= 11 is 7.86. The van der Waals surface area contributed by atoms with E-state index in [1.807, 2.05) is 30.0 Å². The van der Waals surface area contributed by atoms with Crippen LogP contribution in [0.25, 0.3) is 10.9 Å². The Balaban J connectivity index is 1.38. The Morgan fingerprint density at radius 3 is 2.69 bits per heavy atom. The number of hydrogen-bond acceptors (Lipinski definition) is 6. The number of nitrogens with one attached hydrogen (secondary N) is 1. The Morgan fingerprint density at radius 1 is 1.14 bits per heavy atom. The largest absolute Gasteiger partial charge is 0.482 e. The lowest BCUT2D eigenvalue weighted by Crippen LogP contribution is -2.44. The van der Waals surface area contributed by atoms with Crippen LogP contribution in [0.2, 0.25) is 5.02 Å². The molecule has 1 aromatic heterocycles. The summed E-state index contributed by atoms with van der Waals surface area (Å²) in [5.41, 5.74) is 2.30. The summed E-state index contributed by atoms with van der Waals surface area (Å²) in [4.78, 5) is 29.2. The molecule has 2 aromatic carbocycles. The van der Waals surface area contributed by atoms with Crippen LogP contribution in [0.4, 0.5) is 0 Å². The number of benzene rings is 2. The van der Waals surface area contributed by atoms with E-state index in [0.717, 1.165) is 53.4 Å². The summed E-state index contributed by atoms with van der Waals surface area (Å²) in [6.45, 7) is 4.79. The number of morpholine rings is 1. The molecule has 0 bridgehead atoms. The molecule has 3 aliphatic rings. The minimum absolute atomic E-state index is 0.161. The molecule has 3 aliphatic heterocycles. The first kappa shape index (κ1) is 23.9. The Hall–Kier alpha value is -2.52. The summed E-state index contributed by atoms with van der Waals surface area (Å²) in [7, 11) is 0. The van der Waals surface area contributed by atoms with E-state index in [9.17, 15) is 9.59 Å². The molecule has 7 nitrogen and oxygen atoms in total. The number of rotatable bonds is 5. The lowest BCUT2D eigenvalue weighted by molar-refractivity contribution is 0.0340. The lowest BCUT2D eigenvalue weighted by atomic mass is 9.98. The molecule has 3 aromatic rings. The second kappa shape index (κ2) is 9.74. The Morgan fingerprint density at radius 2 is 1.94 bits per heavy atom. The van der Waals surface area contributed by atoms with Gasteiger partial charge in [-0.25, -0.2) is 0 Å². The molecule has 9 heteroatoms. The number of hydrogen-bond donors (Lipinski definition) is 1. The van der Waals surface area contributed by atoms with Gasteiger partial charge in [-0.3, -0.25) is 14.5 Å². The maximum atomic E-state index is 13.6. The van der Waals surface area contributed by atoms with Crippen molar-refractivity contribution in [3.05, 3.63) is 74.5 Å². The van der Waals surface area contributed by atoms with Crippen molar-refractivity contribution in [2.45, 2.75) is 31.7 Å². The standard InChI is InChI=1S/C27H28ClN3O4S/c28-20-3-1-18(2-4-20)13-29-26(33)22-15-31-16-27(5-10-36-17-27)35-23-12-19(11-21(24(23)31)25(22)32)14-30-6-8-34-9-7-30/h1-4,11-12,15H,5-10,13-14,16-17H2,(H,29,33). The maximum absolute atomic E-state index is 13.6. The van der Waals surface area contributed by atoms with Crippen LogP contribution in [0.3, 0.4) is 0 Å². The molecule has 4 heterocycles. The van der Waals surface area contributed by atoms with Gasteiger partial charge >= 0.3 is 0 Å². The first-order chi connectivity index (χ1) is 17.5. The first-order valence-corrected chi connectivity index (χ1v) is 13.8. The third kappa shape index (κ3) is 4.63. The Bertz CT molecular complexity index is 1360. The number of carbonyl (C=O) groups excluding carboxylic acids is 1. The normalized spacial score (nSPS) is 21.6. The zero-order valence-electron chi connectivity index (χ0n) is 19.9. The topological polar surface area (TPSA) is 72.8 Å². The van der Waals surface area contributed by atoms with E-state index in [-0.39, 0.29) is 22.5 Å². The van der Waals surface area contributed by atoms with Crippen LogP contribution in [0.15, 0.2) is 47.4 Å². The van der Waals surface area contributed by atoms with Crippen molar-refractivity contribution in [1.82, 2.24) is 14.8 Å². The van der Waals surface area contributed by atoms with Crippen LogP contribution in [0, 0.1) is 0 Å². The van der Waals surface area contributed by atoms with Crippen LogP contribution < -0.4 is 15.5 Å². The van der Waals surface area contributed by atoms with Crippen LogP contribution in [-0.4, -0.2) is 58.8 Å². The van der Waals surface area contributed by atoms with Crippen molar-refractivity contribution < 1.29 is 14.3 Å². The number of ether oxygens (including phenoxy) is 2. The minimum Gasteiger partial charge on any atom is -0.482 e. The number of aromatic nitrogens is 1. The van der Waals surface area contributed by atoms with E-state index in [1.54, 1.807) is 18.3 Å². The molecule has 1 amide bonds. The van der Waals surface area contributed by atoms with Gasteiger partial charge in [0.25, 0.3) is 5.91 Å². The highest BCUT2D eigenvalue weighted by molar-refractivity contribution is 7.99. The van der Waals surface area contributed by atoms with Gasteiger partial charge in [0.05, 0.1) is 30.7 Å². The van der Waals surface area contributed by atoms with E-state index in [1.165, 1.54) is 0 Å². The molecule has 1 unspecified atom stereocenters. The molecule has 1 N–H and O–H groups in total. The Labute approximate surface area is 218 Å². The number of pyridine rings is 1. The molecular formula is C27H28ClN3O4S. The smallest absolute Gasteiger partial charge is 0.257 e. The predicted octanol–water partition coefficient (Wildman–Crippen LogP) is 3.69. The van der Waals surface area contributed by atoms with Crippen molar-refractivity contribution in [3.63, 3.8) is 0 Å². The van der Waals surface area contributed by atoms with Crippen LogP contribution in [0.5, 0.6) is 5.75 Å².